The Kier molecular flexibility index (Phi) is 7.58. The van der Waals surface area contributed by atoms with Crippen molar-refractivity contribution in [2.75, 3.05) is 45.9 Å². The predicted octanol–water partition coefficient (Wildman–Crippen LogP) is 1.00. The van der Waals surface area contributed by atoms with Crippen molar-refractivity contribution >= 4 is 23.4 Å². The second-order valence-corrected chi connectivity index (χ2v) is 6.17. The number of carbonyl (C=O) groups excluding carboxylic acids is 2. The Balaban J connectivity index is 1.76. The molecule has 7 heteroatoms. The van der Waals surface area contributed by atoms with Gasteiger partial charge in [-0.1, -0.05) is 23.6 Å². The van der Waals surface area contributed by atoms with E-state index >= 15 is 0 Å². The number of hydrogen-bond donors (Lipinski definition) is 1. The quantitative estimate of drug-likeness (QED) is 0.766. The highest BCUT2D eigenvalue weighted by Gasteiger charge is 2.20. The minimum Gasteiger partial charge on any atom is -0.484 e. The van der Waals surface area contributed by atoms with Crippen LogP contribution in [-0.2, 0) is 9.59 Å². The molecule has 0 aromatic heterocycles. The third kappa shape index (κ3) is 6.65. The summed E-state index contributed by atoms with van der Waals surface area (Å²) in [6, 6.07) is 6.96. The van der Waals surface area contributed by atoms with Gasteiger partial charge in [-0.15, -0.1) is 6.42 Å². The standard InChI is InChI=1S/C18H22ClN3O3/c1-2-7-20-17(23)13-21-8-4-9-22(11-10-21)18(24)14-25-16-6-3-5-15(19)12-16/h1,3,5-6,12H,4,7-11,13-14H2,(H,20,23). The molecule has 0 atom stereocenters. The van der Waals surface area contributed by atoms with Gasteiger partial charge in [0.1, 0.15) is 5.75 Å². The maximum Gasteiger partial charge on any atom is 0.260 e. The molecule has 1 heterocycles. The molecule has 1 aromatic rings. The van der Waals surface area contributed by atoms with Crippen LogP contribution in [0.1, 0.15) is 6.42 Å². The number of ether oxygens (including phenoxy) is 1. The zero-order valence-corrected chi connectivity index (χ0v) is 14.8. The van der Waals surface area contributed by atoms with Gasteiger partial charge < -0.3 is 15.0 Å². The summed E-state index contributed by atoms with van der Waals surface area (Å²) < 4.78 is 5.51. The lowest BCUT2D eigenvalue weighted by Crippen LogP contribution is -2.41. The molecule has 1 N–H and O–H groups in total. The van der Waals surface area contributed by atoms with Gasteiger partial charge in [-0.2, -0.15) is 0 Å². The van der Waals surface area contributed by atoms with Gasteiger partial charge in [0.2, 0.25) is 5.91 Å². The molecule has 134 valence electrons. The number of terminal acetylenes is 1. The molecule has 0 spiro atoms. The van der Waals surface area contributed by atoms with Crippen LogP contribution in [0.4, 0.5) is 0 Å². The number of rotatable bonds is 6. The van der Waals surface area contributed by atoms with E-state index < -0.39 is 0 Å². The maximum atomic E-state index is 12.3. The van der Waals surface area contributed by atoms with Crippen molar-refractivity contribution in [3.8, 4) is 18.1 Å². The van der Waals surface area contributed by atoms with Crippen molar-refractivity contribution in [1.82, 2.24) is 15.1 Å². The second-order valence-electron chi connectivity index (χ2n) is 5.74. The van der Waals surface area contributed by atoms with Crippen LogP contribution in [0, 0.1) is 12.3 Å². The molecule has 0 aliphatic carbocycles. The Morgan fingerprint density at radius 1 is 1.28 bits per heavy atom. The molecule has 2 rings (SSSR count). The van der Waals surface area contributed by atoms with Gasteiger partial charge >= 0.3 is 0 Å². The zero-order chi connectivity index (χ0) is 18.1. The summed E-state index contributed by atoms with van der Waals surface area (Å²) in [7, 11) is 0. The van der Waals surface area contributed by atoms with Crippen LogP contribution in [0.3, 0.4) is 0 Å². The fourth-order valence-electron chi connectivity index (χ4n) is 2.58. The van der Waals surface area contributed by atoms with Crippen molar-refractivity contribution in [3.05, 3.63) is 29.3 Å². The number of carbonyl (C=O) groups is 2. The highest BCUT2D eigenvalue weighted by Crippen LogP contribution is 2.17. The summed E-state index contributed by atoms with van der Waals surface area (Å²) in [5.41, 5.74) is 0. The number of benzene rings is 1. The molecular formula is C18H22ClN3O3. The van der Waals surface area contributed by atoms with E-state index in [0.29, 0.717) is 37.0 Å². The first-order valence-corrected chi connectivity index (χ1v) is 8.55. The number of hydrogen-bond acceptors (Lipinski definition) is 4. The van der Waals surface area contributed by atoms with Crippen molar-refractivity contribution in [1.29, 1.82) is 0 Å². The smallest absolute Gasteiger partial charge is 0.260 e. The van der Waals surface area contributed by atoms with Gasteiger partial charge in [0.15, 0.2) is 6.61 Å². The van der Waals surface area contributed by atoms with Gasteiger partial charge in [0.05, 0.1) is 13.1 Å². The third-order valence-corrected chi connectivity index (χ3v) is 4.09. The fourth-order valence-corrected chi connectivity index (χ4v) is 2.76. The monoisotopic (exact) mass is 363 g/mol. The lowest BCUT2D eigenvalue weighted by Gasteiger charge is -2.21. The Hall–Kier alpha value is -2.23. The minimum atomic E-state index is -0.0954. The summed E-state index contributed by atoms with van der Waals surface area (Å²) in [6.07, 6.45) is 5.93. The van der Waals surface area contributed by atoms with Gasteiger partial charge in [-0.05, 0) is 24.6 Å². The van der Waals surface area contributed by atoms with E-state index in [4.69, 9.17) is 22.8 Å². The molecule has 0 unspecified atom stereocenters. The first-order valence-electron chi connectivity index (χ1n) is 8.17. The predicted molar refractivity (Wildman–Crippen MR) is 96.4 cm³/mol. The first-order chi connectivity index (χ1) is 12.1. The van der Waals surface area contributed by atoms with Crippen LogP contribution in [0.2, 0.25) is 5.02 Å². The van der Waals surface area contributed by atoms with E-state index in [0.717, 1.165) is 13.0 Å². The number of nitrogens with zero attached hydrogens (tertiary/aromatic N) is 2. The molecule has 1 saturated heterocycles. The first kappa shape index (κ1) is 19.1. The lowest BCUT2D eigenvalue weighted by molar-refractivity contribution is -0.133. The largest absolute Gasteiger partial charge is 0.484 e. The second kappa shape index (κ2) is 9.92. The number of nitrogens with one attached hydrogen (secondary N) is 1. The van der Waals surface area contributed by atoms with E-state index in [2.05, 4.69) is 11.2 Å². The third-order valence-electron chi connectivity index (χ3n) is 3.85. The van der Waals surface area contributed by atoms with Gasteiger partial charge in [-0.3, -0.25) is 14.5 Å². The van der Waals surface area contributed by atoms with Crippen molar-refractivity contribution < 1.29 is 14.3 Å². The highest BCUT2D eigenvalue weighted by molar-refractivity contribution is 6.30. The van der Waals surface area contributed by atoms with E-state index in [1.807, 2.05) is 4.90 Å². The molecular weight excluding hydrogens is 342 g/mol. The fraction of sp³-hybridized carbons (Fsp3) is 0.444. The average Bonchev–Trinajstić information content (AvgIpc) is 2.83. The van der Waals surface area contributed by atoms with Crippen molar-refractivity contribution in [3.63, 3.8) is 0 Å². The van der Waals surface area contributed by atoms with E-state index in [1.165, 1.54) is 0 Å². The lowest BCUT2D eigenvalue weighted by atomic mass is 10.3. The summed E-state index contributed by atoms with van der Waals surface area (Å²) in [6.45, 7) is 3.14. The normalized spacial score (nSPS) is 15.1. The SMILES string of the molecule is C#CCNC(=O)CN1CCCN(C(=O)COc2cccc(Cl)c2)CC1. The molecule has 0 radical (unpaired) electrons. The van der Waals surface area contributed by atoms with Crippen LogP contribution in [0.5, 0.6) is 5.75 Å². The number of amides is 2. The van der Waals surface area contributed by atoms with E-state index in [-0.39, 0.29) is 25.0 Å². The molecule has 0 bridgehead atoms. The van der Waals surface area contributed by atoms with Crippen LogP contribution in [-0.4, -0.2) is 67.5 Å². The van der Waals surface area contributed by atoms with Crippen molar-refractivity contribution in [2.45, 2.75) is 6.42 Å². The van der Waals surface area contributed by atoms with Gasteiger partial charge in [0, 0.05) is 31.2 Å². The minimum absolute atomic E-state index is 0.0248. The summed E-state index contributed by atoms with van der Waals surface area (Å²) >= 11 is 5.90. The van der Waals surface area contributed by atoms with Gasteiger partial charge in [0.25, 0.3) is 5.91 Å². The molecule has 1 aliphatic rings. The Morgan fingerprint density at radius 2 is 2.12 bits per heavy atom. The van der Waals surface area contributed by atoms with Crippen LogP contribution in [0.25, 0.3) is 0 Å². The molecule has 1 aromatic carbocycles. The van der Waals surface area contributed by atoms with Crippen molar-refractivity contribution in [2.24, 2.45) is 0 Å². The molecule has 6 nitrogen and oxygen atoms in total. The molecule has 2 amide bonds. The molecule has 1 aliphatic heterocycles. The Labute approximate surface area is 153 Å². The average molecular weight is 364 g/mol. The number of halogens is 1. The summed E-state index contributed by atoms with van der Waals surface area (Å²) in [5, 5.41) is 3.22. The van der Waals surface area contributed by atoms with E-state index in [9.17, 15) is 9.59 Å². The van der Waals surface area contributed by atoms with Crippen LogP contribution >= 0.6 is 11.6 Å². The van der Waals surface area contributed by atoms with E-state index in [1.54, 1.807) is 29.2 Å². The Bertz CT molecular complexity index is 645. The maximum absolute atomic E-state index is 12.3. The Morgan fingerprint density at radius 3 is 2.88 bits per heavy atom. The van der Waals surface area contributed by atoms with Crippen LogP contribution < -0.4 is 10.1 Å². The highest BCUT2D eigenvalue weighted by atomic mass is 35.5. The van der Waals surface area contributed by atoms with Gasteiger partial charge in [-0.25, -0.2) is 0 Å². The molecule has 0 saturated carbocycles. The zero-order valence-electron chi connectivity index (χ0n) is 14.0. The molecule has 1 fully saturated rings. The van der Waals surface area contributed by atoms with Crippen LogP contribution in [0.15, 0.2) is 24.3 Å². The summed E-state index contributed by atoms with van der Waals surface area (Å²) in [5.74, 6) is 2.78. The topological polar surface area (TPSA) is 61.9 Å². The summed E-state index contributed by atoms with van der Waals surface area (Å²) in [4.78, 5) is 27.8. The molecule has 25 heavy (non-hydrogen) atoms.